The van der Waals surface area contributed by atoms with Gasteiger partial charge in [-0.2, -0.15) is 0 Å². The average molecular weight is 181 g/mol. The smallest absolute Gasteiger partial charge is 0.226 e. The van der Waals surface area contributed by atoms with E-state index in [9.17, 15) is 4.79 Å². The van der Waals surface area contributed by atoms with Gasteiger partial charge in [0, 0.05) is 19.2 Å². The maximum absolute atomic E-state index is 11.2. The van der Waals surface area contributed by atoms with Gasteiger partial charge in [0.2, 0.25) is 5.91 Å². The van der Waals surface area contributed by atoms with Gasteiger partial charge in [0.1, 0.15) is 0 Å². The molecule has 74 valence electrons. The number of nitrogens with zero attached hydrogens (tertiary/aromatic N) is 1. The van der Waals surface area contributed by atoms with Crippen LogP contribution in [0.2, 0.25) is 0 Å². The Kier molecular flexibility index (Phi) is 4.58. The van der Waals surface area contributed by atoms with Crippen molar-refractivity contribution in [2.45, 2.75) is 45.4 Å². The Hall–Kier alpha value is -0.790. The lowest BCUT2D eigenvalue weighted by Gasteiger charge is -2.07. The molecule has 2 nitrogen and oxygen atoms in total. The van der Waals surface area contributed by atoms with E-state index in [4.69, 9.17) is 0 Å². The number of unbranched alkanes of at least 4 members (excludes halogenated alkanes) is 3. The van der Waals surface area contributed by atoms with Crippen molar-refractivity contribution in [2.24, 2.45) is 0 Å². The van der Waals surface area contributed by atoms with E-state index >= 15 is 0 Å². The first-order valence-electron chi connectivity index (χ1n) is 5.30. The fraction of sp³-hybridized carbons (Fsp3) is 0.727. The van der Waals surface area contributed by atoms with Crippen molar-refractivity contribution >= 4 is 5.91 Å². The Bertz CT molecular complexity index is 187. The van der Waals surface area contributed by atoms with Gasteiger partial charge in [0.05, 0.1) is 0 Å². The molecule has 1 aliphatic rings. The SMILES string of the molecule is CCCCC/C=C/N1CCCC1=O. The third-order valence-corrected chi connectivity index (χ3v) is 2.37. The summed E-state index contributed by atoms with van der Waals surface area (Å²) < 4.78 is 0. The molecule has 13 heavy (non-hydrogen) atoms. The molecule has 2 heteroatoms. The minimum Gasteiger partial charge on any atom is -0.319 e. The number of amides is 1. The number of hydrogen-bond donors (Lipinski definition) is 0. The molecule has 0 aromatic heterocycles. The monoisotopic (exact) mass is 181 g/mol. The topological polar surface area (TPSA) is 20.3 Å². The van der Waals surface area contributed by atoms with Gasteiger partial charge in [-0.3, -0.25) is 4.79 Å². The third-order valence-electron chi connectivity index (χ3n) is 2.37. The molecule has 0 spiro atoms. The molecule has 0 saturated carbocycles. The van der Waals surface area contributed by atoms with Crippen LogP contribution < -0.4 is 0 Å². The van der Waals surface area contributed by atoms with Crippen LogP contribution in [0.15, 0.2) is 12.3 Å². The number of hydrogen-bond acceptors (Lipinski definition) is 1. The van der Waals surface area contributed by atoms with E-state index in [1.54, 1.807) is 0 Å². The second-order valence-corrected chi connectivity index (χ2v) is 3.57. The predicted molar refractivity (Wildman–Crippen MR) is 54.2 cm³/mol. The van der Waals surface area contributed by atoms with Crippen molar-refractivity contribution in [1.29, 1.82) is 0 Å². The quantitative estimate of drug-likeness (QED) is 0.597. The van der Waals surface area contributed by atoms with Crippen LogP contribution in [-0.2, 0) is 4.79 Å². The summed E-state index contributed by atoms with van der Waals surface area (Å²) >= 11 is 0. The molecule has 1 heterocycles. The molecule has 0 aromatic carbocycles. The molecule has 1 rings (SSSR count). The van der Waals surface area contributed by atoms with Crippen LogP contribution in [0, 0.1) is 0 Å². The van der Waals surface area contributed by atoms with E-state index in [0.717, 1.165) is 25.8 Å². The first-order chi connectivity index (χ1) is 6.34. The Morgan fingerprint density at radius 1 is 1.46 bits per heavy atom. The first-order valence-corrected chi connectivity index (χ1v) is 5.30. The van der Waals surface area contributed by atoms with Crippen molar-refractivity contribution < 1.29 is 4.79 Å². The molecule has 0 radical (unpaired) electrons. The number of carbonyl (C=O) groups excluding carboxylic acids is 1. The minimum absolute atomic E-state index is 0.284. The molecule has 0 aliphatic carbocycles. The van der Waals surface area contributed by atoms with E-state index in [2.05, 4.69) is 13.0 Å². The molecular formula is C11H19NO. The highest BCUT2D eigenvalue weighted by atomic mass is 16.2. The summed E-state index contributed by atoms with van der Waals surface area (Å²) in [7, 11) is 0. The van der Waals surface area contributed by atoms with Crippen molar-refractivity contribution in [1.82, 2.24) is 4.90 Å². The highest BCUT2D eigenvalue weighted by Gasteiger charge is 2.16. The Balaban J connectivity index is 2.12. The zero-order valence-electron chi connectivity index (χ0n) is 8.46. The number of rotatable bonds is 5. The fourth-order valence-electron chi connectivity index (χ4n) is 1.54. The lowest BCUT2D eigenvalue weighted by Crippen LogP contribution is -2.17. The van der Waals surface area contributed by atoms with Crippen LogP contribution in [0.5, 0.6) is 0 Å². The van der Waals surface area contributed by atoms with Crippen LogP contribution in [0.1, 0.15) is 45.4 Å². The zero-order chi connectivity index (χ0) is 9.52. The average Bonchev–Trinajstić information content (AvgIpc) is 2.52. The van der Waals surface area contributed by atoms with Crippen LogP contribution in [-0.4, -0.2) is 17.4 Å². The highest BCUT2D eigenvalue weighted by molar-refractivity contribution is 5.79. The fourth-order valence-corrected chi connectivity index (χ4v) is 1.54. The lowest BCUT2D eigenvalue weighted by atomic mass is 10.2. The number of likely N-dealkylation sites (tertiary alicyclic amines) is 1. The molecule has 1 saturated heterocycles. The predicted octanol–water partition coefficient (Wildman–Crippen LogP) is 2.70. The summed E-state index contributed by atoms with van der Waals surface area (Å²) in [4.78, 5) is 13.0. The molecule has 1 aliphatic heterocycles. The maximum Gasteiger partial charge on any atom is 0.226 e. The molecule has 0 N–H and O–H groups in total. The zero-order valence-corrected chi connectivity index (χ0v) is 8.46. The standard InChI is InChI=1S/C11H19NO/c1-2-3-4-5-6-9-12-10-7-8-11(12)13/h6,9H,2-5,7-8,10H2,1H3/b9-6+. The van der Waals surface area contributed by atoms with Crippen LogP contribution in [0.4, 0.5) is 0 Å². The summed E-state index contributed by atoms with van der Waals surface area (Å²) in [6, 6.07) is 0. The second-order valence-electron chi connectivity index (χ2n) is 3.57. The normalized spacial score (nSPS) is 17.6. The van der Waals surface area contributed by atoms with Crippen molar-refractivity contribution in [3.05, 3.63) is 12.3 Å². The minimum atomic E-state index is 0.284. The Morgan fingerprint density at radius 3 is 2.92 bits per heavy atom. The Morgan fingerprint density at radius 2 is 2.31 bits per heavy atom. The second kappa shape index (κ2) is 5.79. The van der Waals surface area contributed by atoms with Gasteiger partial charge in [-0.25, -0.2) is 0 Å². The van der Waals surface area contributed by atoms with Crippen molar-refractivity contribution in [2.75, 3.05) is 6.54 Å². The summed E-state index contributed by atoms with van der Waals surface area (Å²) in [5, 5.41) is 0. The molecule has 1 fully saturated rings. The van der Waals surface area contributed by atoms with Crippen molar-refractivity contribution in [3.8, 4) is 0 Å². The van der Waals surface area contributed by atoms with Gasteiger partial charge < -0.3 is 4.90 Å². The molecule has 0 aromatic rings. The van der Waals surface area contributed by atoms with Gasteiger partial charge in [-0.15, -0.1) is 0 Å². The Labute approximate surface area is 80.6 Å². The van der Waals surface area contributed by atoms with E-state index in [1.807, 2.05) is 11.1 Å². The van der Waals surface area contributed by atoms with E-state index in [1.165, 1.54) is 19.3 Å². The van der Waals surface area contributed by atoms with E-state index in [0.29, 0.717) is 0 Å². The van der Waals surface area contributed by atoms with Crippen LogP contribution >= 0.6 is 0 Å². The molecule has 0 bridgehead atoms. The summed E-state index contributed by atoms with van der Waals surface area (Å²) in [5.41, 5.74) is 0. The van der Waals surface area contributed by atoms with Gasteiger partial charge in [0.25, 0.3) is 0 Å². The summed E-state index contributed by atoms with van der Waals surface area (Å²) in [6.45, 7) is 3.12. The number of allylic oxidation sites excluding steroid dienone is 1. The number of carbonyl (C=O) groups is 1. The van der Waals surface area contributed by atoms with Gasteiger partial charge in [0.15, 0.2) is 0 Å². The molecule has 0 unspecified atom stereocenters. The van der Waals surface area contributed by atoms with Crippen LogP contribution in [0.25, 0.3) is 0 Å². The largest absolute Gasteiger partial charge is 0.319 e. The van der Waals surface area contributed by atoms with Crippen molar-refractivity contribution in [3.63, 3.8) is 0 Å². The molecule has 1 amide bonds. The summed E-state index contributed by atoms with van der Waals surface area (Å²) in [6.07, 6.45) is 10.8. The van der Waals surface area contributed by atoms with E-state index < -0.39 is 0 Å². The van der Waals surface area contributed by atoms with Crippen LogP contribution in [0.3, 0.4) is 0 Å². The van der Waals surface area contributed by atoms with E-state index in [-0.39, 0.29) is 5.91 Å². The first kappa shape index (κ1) is 10.3. The van der Waals surface area contributed by atoms with Gasteiger partial charge in [-0.1, -0.05) is 25.8 Å². The van der Waals surface area contributed by atoms with Gasteiger partial charge in [-0.05, 0) is 19.3 Å². The third kappa shape index (κ3) is 3.62. The molecule has 0 atom stereocenters. The molecular weight excluding hydrogens is 162 g/mol. The van der Waals surface area contributed by atoms with Gasteiger partial charge >= 0.3 is 0 Å². The lowest BCUT2D eigenvalue weighted by molar-refractivity contribution is -0.125. The maximum atomic E-state index is 11.2. The summed E-state index contributed by atoms with van der Waals surface area (Å²) in [5.74, 6) is 0.284. The highest BCUT2D eigenvalue weighted by Crippen LogP contribution is 2.10.